The van der Waals surface area contributed by atoms with Crippen molar-refractivity contribution in [2.24, 2.45) is 5.92 Å². The second-order valence-corrected chi connectivity index (χ2v) is 11.4. The van der Waals surface area contributed by atoms with Crippen molar-refractivity contribution < 1.29 is 19.1 Å². The number of para-hydroxylation sites is 2. The summed E-state index contributed by atoms with van der Waals surface area (Å²) < 4.78 is 5.80. The van der Waals surface area contributed by atoms with Crippen molar-refractivity contribution in [1.82, 2.24) is 4.90 Å². The molecule has 2 saturated heterocycles. The van der Waals surface area contributed by atoms with Gasteiger partial charge in [-0.25, -0.2) is 0 Å². The molecule has 0 bridgehead atoms. The minimum Gasteiger partial charge on any atom is -0.491 e. The number of fused-ring (bicyclic) bond motifs is 7. The van der Waals surface area contributed by atoms with Gasteiger partial charge in [0, 0.05) is 28.5 Å². The molecule has 7 nitrogen and oxygen atoms in total. The first-order valence-electron chi connectivity index (χ1n) is 13.7. The Balaban J connectivity index is 1.50. The number of hydrogen-bond donors (Lipinski definition) is 2. The van der Waals surface area contributed by atoms with E-state index < -0.39 is 16.9 Å². The number of amides is 2. The van der Waals surface area contributed by atoms with Crippen molar-refractivity contribution in [3.63, 3.8) is 0 Å². The van der Waals surface area contributed by atoms with Crippen molar-refractivity contribution >= 4 is 29.0 Å². The summed E-state index contributed by atoms with van der Waals surface area (Å²) in [7, 11) is 0. The van der Waals surface area contributed by atoms with Gasteiger partial charge in [-0.1, -0.05) is 36.4 Å². The topological polar surface area (TPSA) is 87.7 Å². The third-order valence-corrected chi connectivity index (χ3v) is 9.13. The number of rotatable bonds is 4. The summed E-state index contributed by atoms with van der Waals surface area (Å²) in [6.45, 7) is 6.51. The van der Waals surface area contributed by atoms with Crippen molar-refractivity contribution in [3.05, 3.63) is 89.0 Å². The molecule has 3 aromatic rings. The van der Waals surface area contributed by atoms with Gasteiger partial charge in [-0.3, -0.25) is 19.3 Å². The molecule has 2 fully saturated rings. The number of anilines is 2. The Hall–Kier alpha value is -3.97. The van der Waals surface area contributed by atoms with Crippen LogP contribution in [0, 0.1) is 12.8 Å². The minimum absolute atomic E-state index is 0.0136. The number of hydrogen-bond acceptors (Lipinski definition) is 5. The summed E-state index contributed by atoms with van der Waals surface area (Å²) in [6.07, 6.45) is 1.60. The second-order valence-electron chi connectivity index (χ2n) is 11.4. The van der Waals surface area contributed by atoms with Gasteiger partial charge >= 0.3 is 0 Å². The van der Waals surface area contributed by atoms with Crippen molar-refractivity contribution in [2.45, 2.75) is 56.7 Å². The first-order chi connectivity index (χ1) is 18.8. The van der Waals surface area contributed by atoms with Crippen molar-refractivity contribution in [1.29, 1.82) is 0 Å². The maximum Gasteiger partial charge on any atom is 0.251 e. The first kappa shape index (κ1) is 24.1. The monoisotopic (exact) mass is 521 g/mol. The van der Waals surface area contributed by atoms with Gasteiger partial charge < -0.3 is 15.4 Å². The van der Waals surface area contributed by atoms with Crippen molar-refractivity contribution in [2.75, 3.05) is 17.2 Å². The zero-order valence-electron chi connectivity index (χ0n) is 22.3. The Morgan fingerprint density at radius 3 is 2.46 bits per heavy atom. The maximum absolute atomic E-state index is 14.7. The lowest BCUT2D eigenvalue weighted by molar-refractivity contribution is -0.137. The molecule has 7 heteroatoms. The summed E-state index contributed by atoms with van der Waals surface area (Å²) in [5, 5.41) is 6.24. The van der Waals surface area contributed by atoms with Crippen LogP contribution >= 0.6 is 0 Å². The highest BCUT2D eigenvalue weighted by Gasteiger charge is 2.81. The lowest BCUT2D eigenvalue weighted by Crippen LogP contribution is -2.62. The van der Waals surface area contributed by atoms with Crippen LogP contribution < -0.4 is 15.4 Å². The molecule has 2 spiro atoms. The number of carbonyl (C=O) groups excluding carboxylic acids is 3. The molecule has 39 heavy (non-hydrogen) atoms. The highest BCUT2D eigenvalue weighted by molar-refractivity contribution is 6.21. The molecule has 4 unspecified atom stereocenters. The quantitative estimate of drug-likeness (QED) is 0.482. The Bertz CT molecular complexity index is 1550. The van der Waals surface area contributed by atoms with Crippen LogP contribution in [0.25, 0.3) is 0 Å². The SMILES string of the molecule is Cc1cccc2c1NC(=O)C21N2CCCC2C(C(=O)c2ccc(OC(C)C)cc2)C12C(=O)Nc1ccccc12. The molecule has 198 valence electrons. The molecular weight excluding hydrogens is 490 g/mol. The van der Waals surface area contributed by atoms with Crippen LogP contribution in [0.3, 0.4) is 0 Å². The van der Waals surface area contributed by atoms with Crippen molar-refractivity contribution in [3.8, 4) is 5.75 Å². The molecule has 0 saturated carbocycles. The number of ether oxygens (including phenoxy) is 1. The average Bonchev–Trinajstić information content (AvgIpc) is 3.63. The van der Waals surface area contributed by atoms with Crippen LogP contribution in [0.2, 0.25) is 0 Å². The maximum atomic E-state index is 14.7. The standard InChI is InChI=1S/C32H31N3O4/c1-18(2)39-21-15-13-20(14-16-21)28(36)26-25-12-7-17-35(25)32(23-10-6-8-19(3)27(23)34-30(32)38)31(26)22-9-4-5-11-24(22)33-29(31)37/h4-6,8-11,13-16,18,25-26H,7,12,17H2,1-3H3,(H,33,37)(H,34,38). The van der Waals surface area contributed by atoms with E-state index in [1.165, 1.54) is 0 Å². The summed E-state index contributed by atoms with van der Waals surface area (Å²) in [5.41, 5.74) is 1.58. The van der Waals surface area contributed by atoms with Gasteiger partial charge in [-0.05, 0) is 81.6 Å². The zero-order valence-corrected chi connectivity index (χ0v) is 22.3. The van der Waals surface area contributed by atoms with Gasteiger partial charge in [0.2, 0.25) is 5.91 Å². The van der Waals surface area contributed by atoms with E-state index in [9.17, 15) is 14.4 Å². The number of carbonyl (C=O) groups is 3. The lowest BCUT2D eigenvalue weighted by Gasteiger charge is -2.43. The average molecular weight is 522 g/mol. The van der Waals surface area contributed by atoms with E-state index in [0.717, 1.165) is 29.7 Å². The van der Waals surface area contributed by atoms with Crippen LogP contribution in [0.4, 0.5) is 11.4 Å². The Kier molecular flexibility index (Phi) is 5.11. The Morgan fingerprint density at radius 2 is 1.69 bits per heavy atom. The minimum atomic E-state index is -1.43. The smallest absolute Gasteiger partial charge is 0.251 e. The van der Waals surface area contributed by atoms with Gasteiger partial charge in [0.05, 0.1) is 12.0 Å². The van der Waals surface area contributed by atoms with Gasteiger partial charge in [-0.2, -0.15) is 0 Å². The zero-order chi connectivity index (χ0) is 27.1. The van der Waals surface area contributed by atoms with Gasteiger partial charge in [0.15, 0.2) is 5.78 Å². The van der Waals surface area contributed by atoms with E-state index >= 15 is 0 Å². The first-order valence-corrected chi connectivity index (χ1v) is 13.7. The largest absolute Gasteiger partial charge is 0.491 e. The highest BCUT2D eigenvalue weighted by Crippen LogP contribution is 2.68. The summed E-state index contributed by atoms with van der Waals surface area (Å²) in [5.74, 6) is -0.717. The van der Waals surface area contributed by atoms with Crippen LogP contribution in [0.5, 0.6) is 5.75 Å². The number of nitrogens with zero attached hydrogens (tertiary/aromatic N) is 1. The van der Waals surface area contributed by atoms with Gasteiger partial charge in [-0.15, -0.1) is 0 Å². The van der Waals surface area contributed by atoms with E-state index in [1.54, 1.807) is 24.3 Å². The number of Topliss-reactive ketones (excluding diaryl/α,β-unsaturated/α-hetero) is 1. The van der Waals surface area contributed by atoms with Crippen LogP contribution in [-0.2, 0) is 20.5 Å². The molecule has 2 N–H and O–H groups in total. The summed E-state index contributed by atoms with van der Waals surface area (Å²) in [4.78, 5) is 45.8. The number of aryl methyl sites for hydroxylation is 1. The Labute approximate surface area is 227 Å². The molecule has 4 aliphatic rings. The predicted octanol–water partition coefficient (Wildman–Crippen LogP) is 4.80. The van der Waals surface area contributed by atoms with Crippen LogP contribution in [0.1, 0.15) is 53.7 Å². The fraction of sp³-hybridized carbons (Fsp3) is 0.344. The molecule has 7 rings (SSSR count). The van der Waals surface area contributed by atoms with Crippen LogP contribution in [0.15, 0.2) is 66.7 Å². The van der Waals surface area contributed by atoms with Gasteiger partial charge in [0.25, 0.3) is 5.91 Å². The number of nitrogens with one attached hydrogen (secondary N) is 2. The molecule has 2 amide bonds. The van der Waals surface area contributed by atoms with E-state index in [1.807, 2.05) is 63.2 Å². The fourth-order valence-corrected chi connectivity index (χ4v) is 7.90. The fourth-order valence-electron chi connectivity index (χ4n) is 7.90. The highest BCUT2D eigenvalue weighted by atomic mass is 16.5. The van der Waals surface area contributed by atoms with Gasteiger partial charge in [0.1, 0.15) is 16.7 Å². The van der Waals surface area contributed by atoms with E-state index in [2.05, 4.69) is 15.5 Å². The van der Waals surface area contributed by atoms with E-state index in [4.69, 9.17) is 4.74 Å². The molecule has 4 aliphatic heterocycles. The molecule has 0 radical (unpaired) electrons. The Morgan fingerprint density at radius 1 is 0.949 bits per heavy atom. The number of ketones is 1. The molecule has 0 aliphatic carbocycles. The normalized spacial score (nSPS) is 28.5. The van der Waals surface area contributed by atoms with E-state index in [-0.39, 0.29) is 29.7 Å². The lowest BCUT2D eigenvalue weighted by atomic mass is 9.57. The molecule has 0 aromatic heterocycles. The van der Waals surface area contributed by atoms with E-state index in [0.29, 0.717) is 29.1 Å². The molecule has 4 atom stereocenters. The third-order valence-electron chi connectivity index (χ3n) is 9.13. The summed E-state index contributed by atoms with van der Waals surface area (Å²) in [6, 6.07) is 20.3. The molecule has 3 aromatic carbocycles. The molecular formula is C32H31N3O4. The number of benzene rings is 3. The second kappa shape index (κ2) is 8.26. The third kappa shape index (κ3) is 2.88. The molecule has 4 heterocycles. The predicted molar refractivity (Wildman–Crippen MR) is 148 cm³/mol. The van der Waals surface area contributed by atoms with Crippen LogP contribution in [-0.4, -0.2) is 41.2 Å². The summed E-state index contributed by atoms with van der Waals surface area (Å²) >= 11 is 0.